The number of esters is 1. The zero-order valence-corrected chi connectivity index (χ0v) is 14.0. The van der Waals surface area contributed by atoms with Crippen LogP contribution in [0.25, 0.3) is 11.3 Å². The Morgan fingerprint density at radius 3 is 2.60 bits per heavy atom. The lowest BCUT2D eigenvalue weighted by atomic mass is 10.0. The van der Waals surface area contributed by atoms with Crippen LogP contribution in [0.2, 0.25) is 0 Å². The number of carbonyl (C=O) groups is 1. The molecule has 0 unspecified atom stereocenters. The van der Waals surface area contributed by atoms with Gasteiger partial charge in [0.25, 0.3) is 0 Å². The molecule has 3 nitrogen and oxygen atoms in total. The summed E-state index contributed by atoms with van der Waals surface area (Å²) >= 11 is 0. The van der Waals surface area contributed by atoms with E-state index in [2.05, 4.69) is 0 Å². The van der Waals surface area contributed by atoms with Crippen molar-refractivity contribution < 1.29 is 22.7 Å². The molecule has 25 heavy (non-hydrogen) atoms. The minimum atomic E-state index is -4.62. The Morgan fingerprint density at radius 2 is 1.96 bits per heavy atom. The second-order valence-corrected chi connectivity index (χ2v) is 6.15. The molecule has 0 radical (unpaired) electrons. The Hall–Kier alpha value is -2.24. The molecule has 0 spiro atoms. The van der Waals surface area contributed by atoms with E-state index in [0.717, 1.165) is 12.8 Å². The minimum Gasteiger partial charge on any atom is -0.462 e. The quantitative estimate of drug-likeness (QED) is 0.556. The number of nitrogens with zero attached hydrogens (tertiary/aromatic N) is 1. The molecule has 0 saturated carbocycles. The highest BCUT2D eigenvalue weighted by Gasteiger charge is 2.44. The summed E-state index contributed by atoms with van der Waals surface area (Å²) in [5, 5.41) is 0. The van der Waals surface area contributed by atoms with Gasteiger partial charge in [0, 0.05) is 12.2 Å². The second kappa shape index (κ2) is 6.94. The summed E-state index contributed by atoms with van der Waals surface area (Å²) in [7, 11) is 0. The third-order valence-corrected chi connectivity index (χ3v) is 4.43. The molecule has 0 aliphatic carbocycles. The number of hydrogen-bond donors (Lipinski definition) is 0. The van der Waals surface area contributed by atoms with Crippen molar-refractivity contribution in [3.63, 3.8) is 0 Å². The molecule has 6 heteroatoms. The van der Waals surface area contributed by atoms with Gasteiger partial charge in [0.15, 0.2) is 0 Å². The van der Waals surface area contributed by atoms with Crippen LogP contribution in [0.15, 0.2) is 30.3 Å². The molecular formula is C19H20F3NO2. The van der Waals surface area contributed by atoms with E-state index in [1.807, 2.05) is 6.92 Å². The maximum Gasteiger partial charge on any atom is 0.419 e. The molecule has 1 aromatic carbocycles. The van der Waals surface area contributed by atoms with Crippen molar-refractivity contribution in [1.29, 1.82) is 0 Å². The van der Waals surface area contributed by atoms with E-state index in [0.29, 0.717) is 30.6 Å². The maximum absolute atomic E-state index is 13.9. The van der Waals surface area contributed by atoms with E-state index in [-0.39, 0.29) is 17.9 Å². The van der Waals surface area contributed by atoms with Crippen LogP contribution in [0, 0.1) is 0 Å². The highest BCUT2D eigenvalue weighted by atomic mass is 19.4. The molecule has 0 N–H and O–H groups in total. The zero-order chi connectivity index (χ0) is 18.0. The third-order valence-electron chi connectivity index (χ3n) is 4.43. The average Bonchev–Trinajstić information content (AvgIpc) is 3.15. The van der Waals surface area contributed by atoms with Crippen LogP contribution >= 0.6 is 0 Å². The van der Waals surface area contributed by atoms with Crippen molar-refractivity contribution >= 4 is 5.97 Å². The monoisotopic (exact) mass is 351 g/mol. The predicted octanol–water partition coefficient (Wildman–Crippen LogP) is 5.08. The van der Waals surface area contributed by atoms with Crippen molar-refractivity contribution in [3.8, 4) is 11.3 Å². The second-order valence-electron chi connectivity index (χ2n) is 6.15. The van der Waals surface area contributed by atoms with Crippen LogP contribution in [0.4, 0.5) is 13.2 Å². The summed E-state index contributed by atoms with van der Waals surface area (Å²) < 4.78 is 48.4. The van der Waals surface area contributed by atoms with E-state index in [4.69, 9.17) is 4.74 Å². The molecule has 1 aromatic heterocycles. The minimum absolute atomic E-state index is 0.0723. The number of fused-ring (bicyclic) bond motifs is 1. The number of ether oxygens (including phenoxy) is 1. The van der Waals surface area contributed by atoms with Crippen molar-refractivity contribution in [1.82, 2.24) is 4.57 Å². The van der Waals surface area contributed by atoms with Gasteiger partial charge in [-0.1, -0.05) is 43.7 Å². The van der Waals surface area contributed by atoms with Gasteiger partial charge in [0.05, 0.1) is 23.4 Å². The van der Waals surface area contributed by atoms with Crippen LogP contribution in [0.1, 0.15) is 47.8 Å². The first-order chi connectivity index (χ1) is 11.9. The van der Waals surface area contributed by atoms with E-state index < -0.39 is 17.7 Å². The van der Waals surface area contributed by atoms with E-state index in [1.54, 1.807) is 34.9 Å². The Balaban J connectivity index is 2.16. The fraction of sp³-hybridized carbons (Fsp3) is 0.421. The fourth-order valence-corrected chi connectivity index (χ4v) is 3.35. The molecule has 2 heterocycles. The van der Waals surface area contributed by atoms with Crippen LogP contribution in [-0.2, 0) is 23.9 Å². The Bertz CT molecular complexity index is 763. The first-order valence-electron chi connectivity index (χ1n) is 8.50. The fourth-order valence-electron chi connectivity index (χ4n) is 3.35. The van der Waals surface area contributed by atoms with Gasteiger partial charge in [-0.3, -0.25) is 0 Å². The Kier molecular flexibility index (Phi) is 4.88. The molecule has 1 aliphatic rings. The number of rotatable bonds is 5. The normalized spacial score (nSPS) is 13.8. The van der Waals surface area contributed by atoms with Gasteiger partial charge in [-0.05, 0) is 24.8 Å². The smallest absolute Gasteiger partial charge is 0.419 e. The molecule has 0 amide bonds. The third kappa shape index (κ3) is 3.30. The number of alkyl halides is 3. The lowest BCUT2D eigenvalue weighted by Gasteiger charge is -2.13. The van der Waals surface area contributed by atoms with Crippen molar-refractivity contribution in [2.45, 2.75) is 45.3 Å². The van der Waals surface area contributed by atoms with Gasteiger partial charge in [0.2, 0.25) is 0 Å². The van der Waals surface area contributed by atoms with E-state index in [9.17, 15) is 18.0 Å². The van der Waals surface area contributed by atoms with Gasteiger partial charge in [-0.15, -0.1) is 0 Å². The lowest BCUT2D eigenvalue weighted by Crippen LogP contribution is -2.16. The maximum atomic E-state index is 13.9. The highest BCUT2D eigenvalue weighted by molar-refractivity contribution is 5.96. The summed E-state index contributed by atoms with van der Waals surface area (Å²) in [4.78, 5) is 12.5. The number of benzene rings is 1. The van der Waals surface area contributed by atoms with Gasteiger partial charge in [-0.2, -0.15) is 13.2 Å². The lowest BCUT2D eigenvalue weighted by molar-refractivity contribution is -0.137. The number of aromatic nitrogens is 1. The van der Waals surface area contributed by atoms with Crippen LogP contribution < -0.4 is 0 Å². The highest BCUT2D eigenvalue weighted by Crippen LogP contribution is 2.44. The standard InChI is InChI=1S/C19H20F3NO2/c1-2-3-12-25-18(24)15-14-10-7-11-23(14)17(16(15)19(20,21)22)13-8-5-4-6-9-13/h4-6,8-9H,2-3,7,10-12H2,1H3. The first-order valence-corrected chi connectivity index (χ1v) is 8.50. The Morgan fingerprint density at radius 1 is 1.24 bits per heavy atom. The topological polar surface area (TPSA) is 31.2 Å². The summed E-state index contributed by atoms with van der Waals surface area (Å²) in [6.07, 6.45) is -2.00. The van der Waals surface area contributed by atoms with Crippen LogP contribution in [0.5, 0.6) is 0 Å². The van der Waals surface area contributed by atoms with Crippen molar-refractivity contribution in [3.05, 3.63) is 47.2 Å². The first kappa shape index (κ1) is 17.6. The summed E-state index contributed by atoms with van der Waals surface area (Å²) in [5.41, 5.74) is -0.198. The van der Waals surface area contributed by atoms with Crippen LogP contribution in [-0.4, -0.2) is 17.1 Å². The van der Waals surface area contributed by atoms with E-state index >= 15 is 0 Å². The molecule has 0 bridgehead atoms. The van der Waals surface area contributed by atoms with Gasteiger partial charge in [-0.25, -0.2) is 4.79 Å². The molecule has 3 rings (SSSR count). The molecule has 134 valence electrons. The SMILES string of the molecule is CCCCOC(=O)c1c(C(F)(F)F)c(-c2ccccc2)n2c1CCC2. The van der Waals surface area contributed by atoms with Crippen molar-refractivity contribution in [2.75, 3.05) is 6.61 Å². The average molecular weight is 351 g/mol. The molecule has 0 saturated heterocycles. The summed E-state index contributed by atoms with van der Waals surface area (Å²) in [6, 6.07) is 8.43. The number of hydrogen-bond acceptors (Lipinski definition) is 2. The molecule has 0 atom stereocenters. The largest absolute Gasteiger partial charge is 0.462 e. The number of unbranched alkanes of at least 4 members (excludes halogenated alkanes) is 1. The van der Waals surface area contributed by atoms with Gasteiger partial charge >= 0.3 is 12.1 Å². The predicted molar refractivity (Wildman–Crippen MR) is 88.4 cm³/mol. The van der Waals surface area contributed by atoms with Crippen LogP contribution in [0.3, 0.4) is 0 Å². The van der Waals surface area contributed by atoms with Gasteiger partial charge in [0.1, 0.15) is 0 Å². The van der Waals surface area contributed by atoms with Gasteiger partial charge < -0.3 is 9.30 Å². The zero-order valence-electron chi connectivity index (χ0n) is 14.0. The number of halogens is 3. The van der Waals surface area contributed by atoms with E-state index in [1.165, 1.54) is 0 Å². The molecular weight excluding hydrogens is 331 g/mol. The summed E-state index contributed by atoms with van der Waals surface area (Å²) in [5.74, 6) is -0.867. The summed E-state index contributed by atoms with van der Waals surface area (Å²) in [6.45, 7) is 2.54. The number of carbonyl (C=O) groups excluding carboxylic acids is 1. The molecule has 2 aromatic rings. The molecule has 1 aliphatic heterocycles. The van der Waals surface area contributed by atoms with Crippen molar-refractivity contribution in [2.24, 2.45) is 0 Å². The Labute approximate surface area is 144 Å². The molecule has 0 fully saturated rings.